The lowest BCUT2D eigenvalue weighted by Crippen LogP contribution is -2.26. The van der Waals surface area contributed by atoms with Gasteiger partial charge in [0.1, 0.15) is 29.5 Å². The highest BCUT2D eigenvalue weighted by Gasteiger charge is 2.44. The molecule has 196 valence electrons. The second-order valence-electron chi connectivity index (χ2n) is 9.24. The Balaban J connectivity index is 1.22. The minimum absolute atomic E-state index is 0.0156. The number of nitriles is 1. The van der Waals surface area contributed by atoms with Crippen molar-refractivity contribution >= 4 is 11.7 Å². The van der Waals surface area contributed by atoms with Crippen LogP contribution in [0.2, 0.25) is 0 Å². The lowest BCUT2D eigenvalue weighted by atomic mass is 10.0. The van der Waals surface area contributed by atoms with Gasteiger partial charge in [-0.15, -0.1) is 13.2 Å². The maximum Gasteiger partial charge on any atom is 0.573 e. The van der Waals surface area contributed by atoms with Crippen molar-refractivity contribution in [3.8, 4) is 28.7 Å². The molecule has 38 heavy (non-hydrogen) atoms. The van der Waals surface area contributed by atoms with Crippen LogP contribution in [0.4, 0.5) is 19.0 Å². The van der Waals surface area contributed by atoms with Crippen molar-refractivity contribution in [3.05, 3.63) is 71.9 Å². The first kappa shape index (κ1) is 25.5. The summed E-state index contributed by atoms with van der Waals surface area (Å²) in [6.45, 7) is 1.28. The van der Waals surface area contributed by atoms with Crippen LogP contribution in [0.5, 0.6) is 11.5 Å². The van der Waals surface area contributed by atoms with Gasteiger partial charge in [0.25, 0.3) is 0 Å². The summed E-state index contributed by atoms with van der Waals surface area (Å²) in [5.74, 6) is -0.00213. The number of anilines is 1. The molecule has 0 bridgehead atoms. The number of amides is 1. The summed E-state index contributed by atoms with van der Waals surface area (Å²) in [4.78, 5) is 17.0. The largest absolute Gasteiger partial charge is 0.573 e. The number of halogens is 3. The summed E-state index contributed by atoms with van der Waals surface area (Å²) < 4.78 is 52.4. The highest BCUT2D eigenvalue weighted by molar-refractivity contribution is 5.95. The average molecular weight is 524 g/mol. The Hall–Kier alpha value is -4.10. The van der Waals surface area contributed by atoms with Gasteiger partial charge in [0.2, 0.25) is 5.91 Å². The summed E-state index contributed by atoms with van der Waals surface area (Å²) in [6, 6.07) is 16.7. The summed E-state index contributed by atoms with van der Waals surface area (Å²) in [6.07, 6.45) is -1.01. The molecule has 2 aromatic carbocycles. The molecule has 5 rings (SSSR count). The molecule has 1 N–H and O–H groups in total. The molecule has 2 unspecified atom stereocenters. The van der Waals surface area contributed by atoms with Gasteiger partial charge in [-0.25, -0.2) is 4.98 Å². The SMILES string of the molecule is N#Cc1cc(-c2ccnc(NC(=O)C3CC3c3ccc(OC(F)(F)F)cc3)c2)ccc1OC1CCOCC1. The molecule has 0 radical (unpaired) electrons. The number of benzene rings is 2. The first-order valence-electron chi connectivity index (χ1n) is 12.2. The Labute approximate surface area is 217 Å². The zero-order chi connectivity index (χ0) is 26.7. The van der Waals surface area contributed by atoms with E-state index in [1.54, 1.807) is 42.6 Å². The van der Waals surface area contributed by atoms with Gasteiger partial charge in [-0.1, -0.05) is 18.2 Å². The number of hydrogen-bond donors (Lipinski definition) is 1. The van der Waals surface area contributed by atoms with Crippen molar-refractivity contribution in [1.29, 1.82) is 5.26 Å². The topological polar surface area (TPSA) is 93.5 Å². The number of aromatic nitrogens is 1. The van der Waals surface area contributed by atoms with Gasteiger partial charge < -0.3 is 19.5 Å². The Morgan fingerprint density at radius 3 is 2.50 bits per heavy atom. The molecule has 1 aliphatic carbocycles. The molecular formula is C28H24F3N3O4. The van der Waals surface area contributed by atoms with Crippen molar-refractivity contribution in [2.45, 2.75) is 37.6 Å². The maximum absolute atomic E-state index is 12.8. The number of rotatable bonds is 7. The van der Waals surface area contributed by atoms with Crippen LogP contribution in [-0.2, 0) is 9.53 Å². The fourth-order valence-electron chi connectivity index (χ4n) is 4.54. The zero-order valence-electron chi connectivity index (χ0n) is 20.2. The monoisotopic (exact) mass is 523 g/mol. The van der Waals surface area contributed by atoms with Gasteiger partial charge in [0, 0.05) is 25.0 Å². The Kier molecular flexibility index (Phi) is 7.20. The number of alkyl halides is 3. The minimum atomic E-state index is -4.75. The van der Waals surface area contributed by atoms with Crippen molar-refractivity contribution in [1.82, 2.24) is 4.98 Å². The molecular weight excluding hydrogens is 499 g/mol. The Morgan fingerprint density at radius 2 is 1.79 bits per heavy atom. The van der Waals surface area contributed by atoms with Crippen molar-refractivity contribution in [2.75, 3.05) is 18.5 Å². The number of nitrogens with one attached hydrogen (secondary N) is 1. The molecule has 2 atom stereocenters. The van der Waals surface area contributed by atoms with Gasteiger partial charge in [0.15, 0.2) is 0 Å². The van der Waals surface area contributed by atoms with E-state index in [0.717, 1.165) is 29.5 Å². The highest BCUT2D eigenvalue weighted by atomic mass is 19.4. The first-order valence-corrected chi connectivity index (χ1v) is 12.2. The Morgan fingerprint density at radius 1 is 1.05 bits per heavy atom. The van der Waals surface area contributed by atoms with E-state index in [9.17, 15) is 23.2 Å². The molecule has 1 aromatic heterocycles. The van der Waals surface area contributed by atoms with E-state index in [1.165, 1.54) is 12.1 Å². The highest BCUT2D eigenvalue weighted by Crippen LogP contribution is 2.48. The van der Waals surface area contributed by atoms with E-state index in [0.29, 0.717) is 36.8 Å². The second kappa shape index (κ2) is 10.7. The van der Waals surface area contributed by atoms with E-state index < -0.39 is 6.36 Å². The second-order valence-corrected chi connectivity index (χ2v) is 9.24. The molecule has 2 aliphatic rings. The smallest absolute Gasteiger partial charge is 0.489 e. The summed E-state index contributed by atoms with van der Waals surface area (Å²) >= 11 is 0. The molecule has 1 amide bonds. The number of pyridine rings is 1. The zero-order valence-corrected chi connectivity index (χ0v) is 20.2. The predicted molar refractivity (Wildman–Crippen MR) is 131 cm³/mol. The molecule has 2 heterocycles. The van der Waals surface area contributed by atoms with E-state index in [2.05, 4.69) is 21.1 Å². The summed E-state index contributed by atoms with van der Waals surface area (Å²) in [5, 5.41) is 12.5. The van der Waals surface area contributed by atoms with Crippen molar-refractivity contribution in [2.24, 2.45) is 5.92 Å². The molecule has 1 aliphatic heterocycles. The van der Waals surface area contributed by atoms with Crippen LogP contribution in [0.3, 0.4) is 0 Å². The Bertz CT molecular complexity index is 1350. The fraction of sp³-hybridized carbons (Fsp3) is 0.321. The van der Waals surface area contributed by atoms with Crippen LogP contribution >= 0.6 is 0 Å². The molecule has 3 aromatic rings. The molecule has 2 fully saturated rings. The van der Waals surface area contributed by atoms with Gasteiger partial charge in [-0.05, 0) is 65.4 Å². The first-order chi connectivity index (χ1) is 18.3. The third-order valence-electron chi connectivity index (χ3n) is 6.58. The molecule has 0 spiro atoms. The lowest BCUT2D eigenvalue weighted by Gasteiger charge is -2.23. The molecule has 1 saturated heterocycles. The summed E-state index contributed by atoms with van der Waals surface area (Å²) in [5.41, 5.74) is 2.75. The van der Waals surface area contributed by atoms with E-state index in [4.69, 9.17) is 9.47 Å². The van der Waals surface area contributed by atoms with E-state index >= 15 is 0 Å². The lowest BCUT2D eigenvalue weighted by molar-refractivity contribution is -0.274. The number of hydrogen-bond acceptors (Lipinski definition) is 6. The van der Waals surface area contributed by atoms with Crippen LogP contribution < -0.4 is 14.8 Å². The van der Waals surface area contributed by atoms with E-state index in [1.807, 2.05) is 6.07 Å². The normalized spacial score (nSPS) is 19.3. The number of ether oxygens (including phenoxy) is 3. The maximum atomic E-state index is 12.8. The predicted octanol–water partition coefficient (Wildman–Crippen LogP) is 5.82. The van der Waals surface area contributed by atoms with E-state index in [-0.39, 0.29) is 29.6 Å². The molecule has 10 heteroatoms. The average Bonchev–Trinajstić information content (AvgIpc) is 3.71. The van der Waals surface area contributed by atoms with Crippen molar-refractivity contribution < 1.29 is 32.2 Å². The van der Waals surface area contributed by atoms with Gasteiger partial charge in [-0.3, -0.25) is 4.79 Å². The molecule has 7 nitrogen and oxygen atoms in total. The van der Waals surface area contributed by atoms with Crippen molar-refractivity contribution in [3.63, 3.8) is 0 Å². The fourth-order valence-corrected chi connectivity index (χ4v) is 4.54. The summed E-state index contributed by atoms with van der Waals surface area (Å²) in [7, 11) is 0. The minimum Gasteiger partial charge on any atom is -0.489 e. The number of nitrogens with zero attached hydrogens (tertiary/aromatic N) is 2. The number of carbonyl (C=O) groups is 1. The number of carbonyl (C=O) groups excluding carboxylic acids is 1. The third kappa shape index (κ3) is 6.23. The van der Waals surface area contributed by atoms with Crippen LogP contribution in [0.15, 0.2) is 60.8 Å². The molecule has 1 saturated carbocycles. The van der Waals surface area contributed by atoms with Gasteiger partial charge in [-0.2, -0.15) is 5.26 Å². The van der Waals surface area contributed by atoms with Crippen LogP contribution in [0.25, 0.3) is 11.1 Å². The standard InChI is InChI=1S/C28H24F3N3O4/c29-28(30,31)38-22-4-1-17(2-5-22)23-15-24(23)27(35)34-26-14-19(7-10-33-26)18-3-6-25(20(13-18)16-32)37-21-8-11-36-12-9-21/h1-7,10,13-14,21,23-24H,8-9,11-12,15H2,(H,33,34,35). The third-order valence-corrected chi connectivity index (χ3v) is 6.58. The quantitative estimate of drug-likeness (QED) is 0.420. The van der Waals surface area contributed by atoms with Crippen LogP contribution in [-0.4, -0.2) is 36.6 Å². The van der Waals surface area contributed by atoms with Crippen LogP contribution in [0.1, 0.15) is 36.3 Å². The van der Waals surface area contributed by atoms with Gasteiger partial charge >= 0.3 is 6.36 Å². The van der Waals surface area contributed by atoms with Crippen LogP contribution in [0, 0.1) is 17.2 Å². The van der Waals surface area contributed by atoms with Gasteiger partial charge in [0.05, 0.1) is 18.8 Å².